The van der Waals surface area contributed by atoms with Crippen molar-refractivity contribution in [1.29, 1.82) is 0 Å². The van der Waals surface area contributed by atoms with Crippen molar-refractivity contribution in [3.05, 3.63) is 34.9 Å². The lowest BCUT2D eigenvalue weighted by molar-refractivity contribution is 0.0419. The molecular weight excluding hydrogens is 186 g/mol. The van der Waals surface area contributed by atoms with E-state index in [1.165, 1.54) is 0 Å². The van der Waals surface area contributed by atoms with E-state index in [4.69, 9.17) is 17.3 Å². The monoisotopic (exact) mass is 199 g/mol. The summed E-state index contributed by atoms with van der Waals surface area (Å²) in [5, 5.41) is 10.7. The highest BCUT2D eigenvalue weighted by Gasteiger charge is 2.24. The zero-order chi connectivity index (χ0) is 9.90. The summed E-state index contributed by atoms with van der Waals surface area (Å²) in [5.41, 5.74) is 5.41. The lowest BCUT2D eigenvalue weighted by atomic mass is 9.91. The van der Waals surface area contributed by atoms with Crippen LogP contribution in [0.25, 0.3) is 0 Å². The number of benzene rings is 1. The quantitative estimate of drug-likeness (QED) is 0.781. The molecular formula is C10H14ClNO. The lowest BCUT2D eigenvalue weighted by Gasteiger charge is -2.25. The molecule has 0 spiro atoms. The smallest absolute Gasteiger partial charge is 0.102 e. The maximum Gasteiger partial charge on any atom is 0.102 e. The minimum Gasteiger partial charge on any atom is -0.384 e. The van der Waals surface area contributed by atoms with Crippen LogP contribution in [-0.2, 0) is 5.60 Å². The molecule has 72 valence electrons. The van der Waals surface area contributed by atoms with Crippen LogP contribution in [0.4, 0.5) is 0 Å². The van der Waals surface area contributed by atoms with E-state index in [0.29, 0.717) is 11.4 Å². The molecule has 0 aliphatic carbocycles. The summed E-state index contributed by atoms with van der Waals surface area (Å²) in [6, 6.07) is 7.12. The Morgan fingerprint density at radius 1 is 1.38 bits per heavy atom. The number of hydrogen-bond donors (Lipinski definition) is 2. The molecule has 3 heteroatoms. The Hall–Kier alpha value is -0.570. The molecule has 0 radical (unpaired) electrons. The Kier molecular flexibility index (Phi) is 3.31. The molecule has 0 heterocycles. The van der Waals surface area contributed by atoms with Crippen LogP contribution in [0.2, 0.25) is 5.02 Å². The van der Waals surface area contributed by atoms with Crippen LogP contribution < -0.4 is 5.73 Å². The Morgan fingerprint density at radius 3 is 2.31 bits per heavy atom. The van der Waals surface area contributed by atoms with Gasteiger partial charge in [0.2, 0.25) is 0 Å². The standard InChI is InChI=1S/C10H14ClNO/c1-2-10(13,7-12)8-3-5-9(11)6-4-8/h3-6,13H,2,7,12H2,1H3. The van der Waals surface area contributed by atoms with E-state index < -0.39 is 5.60 Å². The molecule has 0 amide bonds. The van der Waals surface area contributed by atoms with Gasteiger partial charge >= 0.3 is 0 Å². The number of halogens is 1. The first-order valence-electron chi connectivity index (χ1n) is 4.31. The third-order valence-electron chi connectivity index (χ3n) is 2.30. The predicted molar refractivity (Wildman–Crippen MR) is 54.7 cm³/mol. The summed E-state index contributed by atoms with van der Waals surface area (Å²) in [6.07, 6.45) is 0.602. The highest BCUT2D eigenvalue weighted by atomic mass is 35.5. The number of hydrogen-bond acceptors (Lipinski definition) is 2. The van der Waals surface area contributed by atoms with E-state index >= 15 is 0 Å². The van der Waals surface area contributed by atoms with Crippen molar-refractivity contribution in [2.24, 2.45) is 5.73 Å². The number of rotatable bonds is 3. The van der Waals surface area contributed by atoms with Crippen molar-refractivity contribution < 1.29 is 5.11 Å². The van der Waals surface area contributed by atoms with Gasteiger partial charge in [0, 0.05) is 11.6 Å². The van der Waals surface area contributed by atoms with E-state index in [1.54, 1.807) is 24.3 Å². The average molecular weight is 200 g/mol. The Bertz CT molecular complexity index is 267. The summed E-state index contributed by atoms with van der Waals surface area (Å²) in [6.45, 7) is 2.13. The van der Waals surface area contributed by atoms with Crippen LogP contribution in [0.5, 0.6) is 0 Å². The SMILES string of the molecule is CCC(O)(CN)c1ccc(Cl)cc1. The Labute approximate surface area is 83.3 Å². The fourth-order valence-corrected chi connectivity index (χ4v) is 1.35. The largest absolute Gasteiger partial charge is 0.384 e. The third kappa shape index (κ3) is 2.21. The molecule has 2 nitrogen and oxygen atoms in total. The molecule has 0 saturated carbocycles. The Balaban J connectivity index is 2.99. The lowest BCUT2D eigenvalue weighted by Crippen LogP contribution is -2.33. The van der Waals surface area contributed by atoms with Crippen LogP contribution in [0.3, 0.4) is 0 Å². The second-order valence-corrected chi connectivity index (χ2v) is 3.53. The molecule has 0 bridgehead atoms. The van der Waals surface area contributed by atoms with Crippen LogP contribution in [0.15, 0.2) is 24.3 Å². The van der Waals surface area contributed by atoms with Gasteiger partial charge in [0.25, 0.3) is 0 Å². The number of nitrogens with two attached hydrogens (primary N) is 1. The zero-order valence-electron chi connectivity index (χ0n) is 7.63. The first-order valence-corrected chi connectivity index (χ1v) is 4.68. The van der Waals surface area contributed by atoms with Gasteiger partial charge in [-0.05, 0) is 24.1 Å². The minimum absolute atomic E-state index is 0.227. The molecule has 1 atom stereocenters. The van der Waals surface area contributed by atoms with Gasteiger partial charge in [-0.15, -0.1) is 0 Å². The molecule has 0 aliphatic heterocycles. The third-order valence-corrected chi connectivity index (χ3v) is 2.56. The van der Waals surface area contributed by atoms with Crippen LogP contribution in [-0.4, -0.2) is 11.7 Å². The van der Waals surface area contributed by atoms with E-state index in [0.717, 1.165) is 5.56 Å². The van der Waals surface area contributed by atoms with E-state index in [2.05, 4.69) is 0 Å². The van der Waals surface area contributed by atoms with Crippen molar-refractivity contribution in [3.63, 3.8) is 0 Å². The molecule has 0 saturated heterocycles. The molecule has 0 fully saturated rings. The molecule has 1 aromatic rings. The molecule has 0 aliphatic rings. The molecule has 1 unspecified atom stereocenters. The maximum atomic E-state index is 10.0. The van der Waals surface area contributed by atoms with Gasteiger partial charge in [0.05, 0.1) is 0 Å². The molecule has 0 aromatic heterocycles. The first kappa shape index (κ1) is 10.5. The summed E-state index contributed by atoms with van der Waals surface area (Å²) in [7, 11) is 0. The maximum absolute atomic E-state index is 10.0. The van der Waals surface area contributed by atoms with E-state index in [1.807, 2.05) is 6.92 Å². The van der Waals surface area contributed by atoms with Gasteiger partial charge in [0.15, 0.2) is 0 Å². The van der Waals surface area contributed by atoms with Gasteiger partial charge in [0.1, 0.15) is 5.60 Å². The van der Waals surface area contributed by atoms with Crippen molar-refractivity contribution in [3.8, 4) is 0 Å². The normalized spacial score (nSPS) is 15.4. The van der Waals surface area contributed by atoms with Gasteiger partial charge in [-0.25, -0.2) is 0 Å². The zero-order valence-corrected chi connectivity index (χ0v) is 8.38. The van der Waals surface area contributed by atoms with Crippen molar-refractivity contribution in [2.75, 3.05) is 6.54 Å². The second kappa shape index (κ2) is 4.09. The first-order chi connectivity index (χ1) is 6.12. The summed E-state index contributed by atoms with van der Waals surface area (Å²) < 4.78 is 0. The molecule has 13 heavy (non-hydrogen) atoms. The van der Waals surface area contributed by atoms with Crippen LogP contribution >= 0.6 is 11.6 Å². The topological polar surface area (TPSA) is 46.2 Å². The second-order valence-electron chi connectivity index (χ2n) is 3.10. The minimum atomic E-state index is -0.912. The van der Waals surface area contributed by atoms with Crippen molar-refractivity contribution in [2.45, 2.75) is 18.9 Å². The summed E-state index contributed by atoms with van der Waals surface area (Å²) >= 11 is 5.74. The van der Waals surface area contributed by atoms with Gasteiger partial charge in [-0.3, -0.25) is 0 Å². The van der Waals surface area contributed by atoms with E-state index in [9.17, 15) is 5.11 Å². The highest BCUT2D eigenvalue weighted by Crippen LogP contribution is 2.24. The summed E-state index contributed by atoms with van der Waals surface area (Å²) in [5.74, 6) is 0. The fraction of sp³-hybridized carbons (Fsp3) is 0.400. The molecule has 1 aromatic carbocycles. The fourth-order valence-electron chi connectivity index (χ4n) is 1.23. The van der Waals surface area contributed by atoms with E-state index in [-0.39, 0.29) is 6.54 Å². The van der Waals surface area contributed by atoms with Gasteiger partial charge in [-0.2, -0.15) is 0 Å². The predicted octanol–water partition coefficient (Wildman–Crippen LogP) is 1.90. The number of aliphatic hydroxyl groups is 1. The van der Waals surface area contributed by atoms with Gasteiger partial charge in [-0.1, -0.05) is 30.7 Å². The van der Waals surface area contributed by atoms with Crippen molar-refractivity contribution >= 4 is 11.6 Å². The van der Waals surface area contributed by atoms with Crippen molar-refractivity contribution in [1.82, 2.24) is 0 Å². The van der Waals surface area contributed by atoms with Crippen LogP contribution in [0.1, 0.15) is 18.9 Å². The molecule has 1 rings (SSSR count). The average Bonchev–Trinajstić information content (AvgIpc) is 2.18. The van der Waals surface area contributed by atoms with Crippen LogP contribution in [0, 0.1) is 0 Å². The van der Waals surface area contributed by atoms with Gasteiger partial charge < -0.3 is 10.8 Å². The molecule has 3 N–H and O–H groups in total. The Morgan fingerprint density at radius 2 is 1.92 bits per heavy atom. The summed E-state index contributed by atoms with van der Waals surface area (Å²) in [4.78, 5) is 0. The highest BCUT2D eigenvalue weighted by molar-refractivity contribution is 6.30.